The quantitative estimate of drug-likeness (QED) is 0.355. The Balaban J connectivity index is 1.33. The number of nitrogens with one attached hydrogen (secondary N) is 1. The summed E-state index contributed by atoms with van der Waals surface area (Å²) in [5.41, 5.74) is 3.68. The lowest BCUT2D eigenvalue weighted by Gasteiger charge is -2.37. The van der Waals surface area contributed by atoms with Crippen molar-refractivity contribution in [1.29, 1.82) is 0 Å². The predicted octanol–water partition coefficient (Wildman–Crippen LogP) is 3.75. The van der Waals surface area contributed by atoms with Crippen LogP contribution < -0.4 is 15.2 Å². The van der Waals surface area contributed by atoms with Gasteiger partial charge in [0.15, 0.2) is 5.82 Å². The Morgan fingerprint density at radius 2 is 1.55 bits per heavy atom. The lowest BCUT2D eigenvalue weighted by atomic mass is 9.98. The van der Waals surface area contributed by atoms with Gasteiger partial charge in [-0.3, -0.25) is 9.47 Å². The molecule has 1 atom stereocenters. The molecule has 2 aromatic heterocycles. The maximum absolute atomic E-state index is 12.8. The zero-order valence-corrected chi connectivity index (χ0v) is 21.3. The number of hydrogen-bond acceptors (Lipinski definition) is 7. The highest BCUT2D eigenvalue weighted by molar-refractivity contribution is 5.75. The molecule has 10 heteroatoms. The van der Waals surface area contributed by atoms with Crippen molar-refractivity contribution in [1.82, 2.24) is 34.7 Å². The van der Waals surface area contributed by atoms with E-state index in [1.54, 1.807) is 18.9 Å². The molecule has 0 aliphatic carbocycles. The summed E-state index contributed by atoms with van der Waals surface area (Å²) in [6.45, 7) is 1.56. The Hall–Kier alpha value is -4.44. The molecule has 1 N–H and O–H groups in total. The summed E-state index contributed by atoms with van der Waals surface area (Å²) >= 11 is 0. The van der Waals surface area contributed by atoms with E-state index in [0.717, 1.165) is 65.5 Å². The highest BCUT2D eigenvalue weighted by atomic mass is 16.5. The van der Waals surface area contributed by atoms with E-state index in [4.69, 9.17) is 9.47 Å². The van der Waals surface area contributed by atoms with Crippen LogP contribution in [0, 0.1) is 0 Å². The van der Waals surface area contributed by atoms with Crippen molar-refractivity contribution < 1.29 is 9.47 Å². The van der Waals surface area contributed by atoms with Gasteiger partial charge in [-0.15, -0.1) is 5.10 Å². The van der Waals surface area contributed by atoms with Gasteiger partial charge in [-0.05, 0) is 77.4 Å². The smallest absolute Gasteiger partial charge is 0.326 e. The molecule has 38 heavy (non-hydrogen) atoms. The van der Waals surface area contributed by atoms with E-state index in [1.807, 2.05) is 65.2 Å². The lowest BCUT2D eigenvalue weighted by Crippen LogP contribution is -2.40. The fraction of sp³-hybridized carbons (Fsp3) is 0.286. The van der Waals surface area contributed by atoms with E-state index < -0.39 is 0 Å². The normalized spacial score (nSPS) is 15.5. The third-order valence-electron chi connectivity index (χ3n) is 7.34. The molecule has 0 radical (unpaired) electrons. The van der Waals surface area contributed by atoms with Gasteiger partial charge in [0.2, 0.25) is 0 Å². The molecule has 1 fully saturated rings. The van der Waals surface area contributed by atoms with Crippen molar-refractivity contribution in [2.45, 2.75) is 24.9 Å². The number of likely N-dealkylation sites (tertiary alicyclic amines) is 1. The average Bonchev–Trinajstić information content (AvgIpc) is 3.58. The predicted molar refractivity (Wildman–Crippen MR) is 143 cm³/mol. The summed E-state index contributed by atoms with van der Waals surface area (Å²) in [5.74, 6) is 2.28. The van der Waals surface area contributed by atoms with Crippen molar-refractivity contribution in [2.75, 3.05) is 27.3 Å². The molecule has 0 saturated carbocycles. The molecule has 1 aliphatic heterocycles. The molecule has 3 heterocycles. The highest BCUT2D eigenvalue weighted by Gasteiger charge is 2.33. The molecular weight excluding hydrogens is 482 g/mol. The number of methoxy groups -OCH3 is 2. The van der Waals surface area contributed by atoms with Crippen LogP contribution in [0.2, 0.25) is 0 Å². The van der Waals surface area contributed by atoms with Crippen LogP contribution in [-0.2, 0) is 0 Å². The van der Waals surface area contributed by atoms with E-state index >= 15 is 0 Å². The maximum Gasteiger partial charge on any atom is 0.326 e. The SMILES string of the molecule is COc1ccc(C(c2nnnn2-c2ccc(OC)cc2)N2CCC(n3c(=O)[nH]c4ccccc43)CC2)cc1. The number of tetrazole rings is 1. The Kier molecular flexibility index (Phi) is 6.38. The van der Waals surface area contributed by atoms with Crippen LogP contribution in [0.3, 0.4) is 0 Å². The van der Waals surface area contributed by atoms with Gasteiger partial charge in [-0.2, -0.15) is 4.68 Å². The van der Waals surface area contributed by atoms with Crippen LogP contribution in [0.1, 0.15) is 36.3 Å². The molecule has 1 aliphatic rings. The first-order valence-electron chi connectivity index (χ1n) is 12.7. The first-order chi connectivity index (χ1) is 18.7. The summed E-state index contributed by atoms with van der Waals surface area (Å²) in [7, 11) is 3.30. The number of ether oxygens (including phenoxy) is 2. The van der Waals surface area contributed by atoms with Gasteiger partial charge in [0.05, 0.1) is 37.0 Å². The average molecular weight is 512 g/mol. The first kappa shape index (κ1) is 23.9. The number of H-pyrrole nitrogens is 1. The summed E-state index contributed by atoms with van der Waals surface area (Å²) in [6, 6.07) is 23.5. The number of benzene rings is 3. The van der Waals surface area contributed by atoms with Crippen molar-refractivity contribution >= 4 is 11.0 Å². The van der Waals surface area contributed by atoms with Crippen LogP contribution in [-0.4, -0.2) is 62.0 Å². The van der Waals surface area contributed by atoms with Crippen LogP contribution in [0.15, 0.2) is 77.6 Å². The molecule has 1 saturated heterocycles. The Morgan fingerprint density at radius 1 is 0.895 bits per heavy atom. The van der Waals surface area contributed by atoms with Gasteiger partial charge >= 0.3 is 5.69 Å². The molecule has 5 aromatic rings. The molecule has 10 nitrogen and oxygen atoms in total. The van der Waals surface area contributed by atoms with E-state index in [-0.39, 0.29) is 17.8 Å². The monoisotopic (exact) mass is 511 g/mol. The van der Waals surface area contributed by atoms with E-state index in [2.05, 4.69) is 37.5 Å². The van der Waals surface area contributed by atoms with Gasteiger partial charge in [0.1, 0.15) is 11.5 Å². The van der Waals surface area contributed by atoms with Crippen molar-refractivity contribution in [3.8, 4) is 17.2 Å². The molecule has 194 valence electrons. The molecule has 0 bridgehead atoms. The topological polar surface area (TPSA) is 103 Å². The number of imidazole rings is 1. The van der Waals surface area contributed by atoms with E-state index in [1.165, 1.54) is 0 Å². The third kappa shape index (κ3) is 4.32. The zero-order valence-electron chi connectivity index (χ0n) is 21.3. The second-order valence-corrected chi connectivity index (χ2v) is 9.41. The van der Waals surface area contributed by atoms with Crippen LogP contribution >= 0.6 is 0 Å². The zero-order chi connectivity index (χ0) is 26.1. The van der Waals surface area contributed by atoms with Crippen LogP contribution in [0.5, 0.6) is 11.5 Å². The van der Waals surface area contributed by atoms with Crippen LogP contribution in [0.25, 0.3) is 16.7 Å². The molecule has 1 unspecified atom stereocenters. The molecule has 0 amide bonds. The number of fused-ring (bicyclic) bond motifs is 1. The van der Waals surface area contributed by atoms with E-state index in [9.17, 15) is 4.79 Å². The fourth-order valence-electron chi connectivity index (χ4n) is 5.42. The van der Waals surface area contributed by atoms with Crippen molar-refractivity contribution in [3.05, 3.63) is 94.7 Å². The number of para-hydroxylation sites is 2. The second kappa shape index (κ2) is 10.1. The van der Waals surface area contributed by atoms with Crippen LogP contribution in [0.4, 0.5) is 0 Å². The summed E-state index contributed by atoms with van der Waals surface area (Å²) in [5, 5.41) is 12.9. The third-order valence-corrected chi connectivity index (χ3v) is 7.34. The number of aromatic amines is 1. The molecule has 6 rings (SSSR count). The largest absolute Gasteiger partial charge is 0.497 e. The number of aromatic nitrogens is 6. The minimum Gasteiger partial charge on any atom is -0.497 e. The highest BCUT2D eigenvalue weighted by Crippen LogP contribution is 2.34. The maximum atomic E-state index is 12.8. The Labute approximate surface area is 219 Å². The summed E-state index contributed by atoms with van der Waals surface area (Å²) in [6.07, 6.45) is 1.66. The lowest BCUT2D eigenvalue weighted by molar-refractivity contribution is 0.148. The molecule has 3 aromatic carbocycles. The van der Waals surface area contributed by atoms with Gasteiger partial charge < -0.3 is 14.5 Å². The number of piperidine rings is 1. The standard InChI is InChI=1S/C28H29N7O3/c1-37-22-11-7-19(8-12-22)26(27-30-31-32-35(27)21-9-13-23(38-2)14-10-21)33-17-15-20(16-18-33)34-25-6-4-3-5-24(25)29-28(34)36/h3-14,20,26H,15-18H2,1-2H3,(H,29,36). The number of rotatable bonds is 7. The molecular formula is C28H29N7O3. The van der Waals surface area contributed by atoms with Crippen molar-refractivity contribution in [3.63, 3.8) is 0 Å². The minimum atomic E-state index is -0.182. The van der Waals surface area contributed by atoms with Crippen molar-refractivity contribution in [2.24, 2.45) is 0 Å². The first-order valence-corrected chi connectivity index (χ1v) is 12.7. The number of nitrogens with zero attached hydrogens (tertiary/aromatic N) is 6. The fourth-order valence-corrected chi connectivity index (χ4v) is 5.42. The van der Waals surface area contributed by atoms with Gasteiger partial charge in [-0.1, -0.05) is 24.3 Å². The summed E-state index contributed by atoms with van der Waals surface area (Å²) < 4.78 is 14.4. The summed E-state index contributed by atoms with van der Waals surface area (Å²) in [4.78, 5) is 18.2. The minimum absolute atomic E-state index is 0.0557. The van der Waals surface area contributed by atoms with Gasteiger partial charge in [-0.25, -0.2) is 4.79 Å². The Bertz CT molecular complexity index is 1580. The van der Waals surface area contributed by atoms with Gasteiger partial charge in [0.25, 0.3) is 0 Å². The molecule has 0 spiro atoms. The van der Waals surface area contributed by atoms with E-state index in [0.29, 0.717) is 0 Å². The second-order valence-electron chi connectivity index (χ2n) is 9.41. The Morgan fingerprint density at radius 3 is 2.24 bits per heavy atom. The van der Waals surface area contributed by atoms with Gasteiger partial charge in [0, 0.05) is 19.1 Å². The number of hydrogen-bond donors (Lipinski definition) is 1.